The lowest BCUT2D eigenvalue weighted by molar-refractivity contribution is 0.412. The molecule has 2 atom stereocenters. The molecule has 20 heavy (non-hydrogen) atoms. The van der Waals surface area contributed by atoms with Crippen molar-refractivity contribution in [2.45, 2.75) is 23.4 Å². The van der Waals surface area contributed by atoms with Gasteiger partial charge in [-0.05, 0) is 31.5 Å². The van der Waals surface area contributed by atoms with E-state index in [1.807, 2.05) is 6.19 Å². The van der Waals surface area contributed by atoms with E-state index in [1.54, 1.807) is 0 Å². The molecule has 0 amide bonds. The van der Waals surface area contributed by atoms with E-state index in [0.717, 1.165) is 0 Å². The van der Waals surface area contributed by atoms with Crippen molar-refractivity contribution in [1.29, 1.82) is 5.26 Å². The van der Waals surface area contributed by atoms with Gasteiger partial charge in [-0.2, -0.15) is 5.26 Å². The highest BCUT2D eigenvalue weighted by atomic mass is 35.5. The van der Waals surface area contributed by atoms with Crippen LogP contribution in [-0.2, 0) is 10.0 Å². The second-order valence-corrected chi connectivity index (χ2v) is 7.06. The first-order valence-corrected chi connectivity index (χ1v) is 8.04. The van der Waals surface area contributed by atoms with Gasteiger partial charge in [-0.25, -0.2) is 13.1 Å². The number of hydrogen-bond donors (Lipinski definition) is 1. The van der Waals surface area contributed by atoms with E-state index in [2.05, 4.69) is 11.6 Å². The number of likely N-dealkylation sites (tertiary alicyclic amines) is 1. The number of nitrogens with one attached hydrogen (secondary N) is 1. The predicted octanol–water partition coefficient (Wildman–Crippen LogP) is 2.03. The summed E-state index contributed by atoms with van der Waals surface area (Å²) in [4.78, 5) is 1.37. The fourth-order valence-electron chi connectivity index (χ4n) is 2.09. The first-order chi connectivity index (χ1) is 9.33. The molecule has 1 N–H and O–H groups in total. The Kier molecular flexibility index (Phi) is 4.45. The average molecular weight is 333 g/mol. The van der Waals surface area contributed by atoms with Crippen molar-refractivity contribution in [3.05, 3.63) is 35.2 Å². The molecule has 0 spiro atoms. The molecule has 1 heterocycles. The maximum atomic E-state index is 12.3. The molecule has 1 fully saturated rings. The van der Waals surface area contributed by atoms with Crippen molar-refractivity contribution in [3.63, 3.8) is 0 Å². The molecule has 8 heteroatoms. The van der Waals surface area contributed by atoms with Crippen LogP contribution in [0.3, 0.4) is 0 Å². The number of hydrogen-bond acceptors (Lipinski definition) is 4. The van der Waals surface area contributed by atoms with Crippen LogP contribution in [0.1, 0.15) is 6.42 Å². The number of benzene rings is 1. The highest BCUT2D eigenvalue weighted by Gasteiger charge is 2.32. The van der Waals surface area contributed by atoms with Gasteiger partial charge in [0.1, 0.15) is 4.90 Å². The van der Waals surface area contributed by atoms with Gasteiger partial charge in [0.15, 0.2) is 6.19 Å². The SMILES string of the molecule is [CH2][C@@H]1C[C@@H](NS(=O)(=O)c2cc(Cl)ccc2Cl)CN1C#N. The van der Waals surface area contributed by atoms with Crippen LogP contribution in [0.25, 0.3) is 0 Å². The molecule has 2 rings (SSSR count). The first-order valence-electron chi connectivity index (χ1n) is 5.80. The quantitative estimate of drug-likeness (QED) is 0.859. The normalized spacial score (nSPS) is 22.8. The summed E-state index contributed by atoms with van der Waals surface area (Å²) in [6.07, 6.45) is 2.44. The Bertz CT molecular complexity index is 657. The standard InChI is InChI=1S/C12H12Cl2N3O2S/c1-8-4-10(6-17(8)7-15)16-20(18,19)12-5-9(13)2-3-11(12)14/h2-3,5,8,10,16H,1,4,6H2/t8-,10-/m1/s1. The Morgan fingerprint density at radius 3 is 2.75 bits per heavy atom. The number of sulfonamides is 1. The molecule has 0 saturated carbocycles. The topological polar surface area (TPSA) is 73.2 Å². The monoisotopic (exact) mass is 332 g/mol. The van der Waals surface area contributed by atoms with Crippen molar-refractivity contribution in [2.75, 3.05) is 6.54 Å². The van der Waals surface area contributed by atoms with Crippen molar-refractivity contribution in [3.8, 4) is 6.19 Å². The third-order valence-electron chi connectivity index (χ3n) is 3.05. The van der Waals surface area contributed by atoms with Crippen LogP contribution in [0.4, 0.5) is 0 Å². The van der Waals surface area contributed by atoms with Crippen LogP contribution in [0.15, 0.2) is 23.1 Å². The van der Waals surface area contributed by atoms with Crippen LogP contribution < -0.4 is 4.72 Å². The summed E-state index contributed by atoms with van der Waals surface area (Å²) in [5, 5.41) is 9.26. The summed E-state index contributed by atoms with van der Waals surface area (Å²) in [6, 6.07) is 3.63. The summed E-state index contributed by atoms with van der Waals surface area (Å²) in [5.41, 5.74) is 0. The third kappa shape index (κ3) is 3.18. The largest absolute Gasteiger partial charge is 0.306 e. The van der Waals surface area contributed by atoms with Crippen molar-refractivity contribution in [2.24, 2.45) is 0 Å². The van der Waals surface area contributed by atoms with Crippen LogP contribution in [0.2, 0.25) is 10.0 Å². The zero-order chi connectivity index (χ0) is 14.9. The number of nitrogens with zero attached hydrogens (tertiary/aromatic N) is 2. The van der Waals surface area contributed by atoms with Gasteiger partial charge < -0.3 is 4.90 Å². The summed E-state index contributed by atoms with van der Waals surface area (Å²) in [6.45, 7) is 4.09. The molecule has 1 radical (unpaired) electrons. The van der Waals surface area contributed by atoms with E-state index in [9.17, 15) is 8.42 Å². The first kappa shape index (κ1) is 15.4. The maximum absolute atomic E-state index is 12.3. The minimum Gasteiger partial charge on any atom is -0.306 e. The van der Waals surface area contributed by atoms with Crippen LogP contribution in [0.5, 0.6) is 0 Å². The number of nitriles is 1. The Morgan fingerprint density at radius 1 is 1.45 bits per heavy atom. The van der Waals surface area contributed by atoms with E-state index >= 15 is 0 Å². The zero-order valence-electron chi connectivity index (χ0n) is 10.4. The highest BCUT2D eigenvalue weighted by molar-refractivity contribution is 7.89. The maximum Gasteiger partial charge on any atom is 0.242 e. The van der Waals surface area contributed by atoms with Crippen LogP contribution >= 0.6 is 23.2 Å². The van der Waals surface area contributed by atoms with Gasteiger partial charge in [-0.3, -0.25) is 0 Å². The lowest BCUT2D eigenvalue weighted by atomic mass is 10.2. The number of halogens is 2. The molecule has 0 unspecified atom stereocenters. The van der Waals surface area contributed by atoms with Crippen LogP contribution in [0, 0.1) is 18.4 Å². The summed E-state index contributed by atoms with van der Waals surface area (Å²) >= 11 is 11.7. The lowest BCUT2D eigenvalue weighted by Gasteiger charge is -2.14. The van der Waals surface area contributed by atoms with Gasteiger partial charge >= 0.3 is 0 Å². The Labute approximate surface area is 128 Å². The molecule has 1 aromatic carbocycles. The third-order valence-corrected chi connectivity index (χ3v) is 5.28. The fraction of sp³-hybridized carbons (Fsp3) is 0.333. The molecule has 1 aromatic rings. The van der Waals surface area contributed by atoms with Gasteiger partial charge in [-0.1, -0.05) is 23.2 Å². The van der Waals surface area contributed by atoms with E-state index in [4.69, 9.17) is 28.5 Å². The van der Waals surface area contributed by atoms with E-state index < -0.39 is 10.0 Å². The van der Waals surface area contributed by atoms with Gasteiger partial charge in [-0.15, -0.1) is 0 Å². The minimum absolute atomic E-state index is 0.0670. The minimum atomic E-state index is -3.78. The summed E-state index contributed by atoms with van der Waals surface area (Å²) in [5.74, 6) is 0. The average Bonchev–Trinajstić information content (AvgIpc) is 2.71. The van der Waals surface area contributed by atoms with Gasteiger partial charge in [0.05, 0.1) is 5.02 Å². The highest BCUT2D eigenvalue weighted by Crippen LogP contribution is 2.26. The van der Waals surface area contributed by atoms with E-state index in [0.29, 0.717) is 13.0 Å². The Balaban J connectivity index is 2.21. The zero-order valence-corrected chi connectivity index (χ0v) is 12.7. The summed E-state index contributed by atoms with van der Waals surface area (Å²) < 4.78 is 27.1. The molecule has 1 saturated heterocycles. The molecule has 5 nitrogen and oxygen atoms in total. The molecule has 107 valence electrons. The van der Waals surface area contributed by atoms with Crippen molar-refractivity contribution < 1.29 is 8.42 Å². The Morgan fingerprint density at radius 2 is 2.15 bits per heavy atom. The molecule has 0 aromatic heterocycles. The second-order valence-electron chi connectivity index (χ2n) is 4.53. The summed E-state index contributed by atoms with van der Waals surface area (Å²) in [7, 11) is -3.78. The van der Waals surface area contributed by atoms with Gasteiger partial charge in [0.2, 0.25) is 10.0 Å². The molecule has 0 aliphatic carbocycles. The molecular weight excluding hydrogens is 321 g/mol. The second kappa shape index (κ2) is 5.78. The molecule has 1 aliphatic rings. The predicted molar refractivity (Wildman–Crippen MR) is 76.7 cm³/mol. The van der Waals surface area contributed by atoms with Crippen molar-refractivity contribution >= 4 is 33.2 Å². The van der Waals surface area contributed by atoms with Crippen LogP contribution in [-0.4, -0.2) is 31.9 Å². The van der Waals surface area contributed by atoms with Gasteiger partial charge in [0.25, 0.3) is 0 Å². The Hall–Kier alpha value is -1.00. The van der Waals surface area contributed by atoms with E-state index in [1.165, 1.54) is 23.1 Å². The molecule has 0 bridgehead atoms. The van der Waals surface area contributed by atoms with Crippen molar-refractivity contribution in [1.82, 2.24) is 9.62 Å². The fourth-order valence-corrected chi connectivity index (χ4v) is 4.09. The lowest BCUT2D eigenvalue weighted by Crippen LogP contribution is -2.36. The smallest absolute Gasteiger partial charge is 0.242 e. The number of rotatable bonds is 3. The molecule has 1 aliphatic heterocycles. The molecular formula is C12H12Cl2N3O2S. The van der Waals surface area contributed by atoms with Gasteiger partial charge in [0, 0.05) is 23.7 Å². The van der Waals surface area contributed by atoms with E-state index in [-0.39, 0.29) is 27.0 Å².